The summed E-state index contributed by atoms with van der Waals surface area (Å²) in [4.78, 5) is 14.1. The van der Waals surface area contributed by atoms with Gasteiger partial charge in [0.25, 0.3) is 0 Å². The van der Waals surface area contributed by atoms with Crippen LogP contribution in [0, 0.1) is 0 Å². The maximum Gasteiger partial charge on any atom is 0.323 e. The quantitative estimate of drug-likeness (QED) is 0.821. The number of likely N-dealkylation sites (N-methyl/N-ethyl adjacent to an activating group) is 1. The summed E-state index contributed by atoms with van der Waals surface area (Å²) in [5.41, 5.74) is -0.685. The number of aliphatic carboxylic acids is 1. The number of carboxylic acids is 1. The van der Waals surface area contributed by atoms with E-state index in [-0.39, 0.29) is 0 Å². The zero-order chi connectivity index (χ0) is 13.9. The summed E-state index contributed by atoms with van der Waals surface area (Å²) in [5, 5.41) is 12.5. The van der Waals surface area contributed by atoms with E-state index < -0.39 is 11.5 Å². The molecule has 0 radical (unpaired) electrons. The van der Waals surface area contributed by atoms with Crippen LogP contribution in [0.5, 0.6) is 0 Å². The molecular weight excluding hydrogens is 240 g/mol. The van der Waals surface area contributed by atoms with Gasteiger partial charge in [0.2, 0.25) is 0 Å². The number of hydrogen-bond acceptors (Lipinski definition) is 3. The molecule has 2 N–H and O–H groups in total. The summed E-state index contributed by atoms with van der Waals surface area (Å²) in [6.07, 6.45) is 8.94. The van der Waals surface area contributed by atoms with E-state index >= 15 is 0 Å². The van der Waals surface area contributed by atoms with E-state index in [2.05, 4.69) is 17.1 Å². The van der Waals surface area contributed by atoms with Gasteiger partial charge in [0.15, 0.2) is 0 Å². The van der Waals surface area contributed by atoms with Gasteiger partial charge in [-0.25, -0.2) is 0 Å². The van der Waals surface area contributed by atoms with E-state index in [4.69, 9.17) is 0 Å². The van der Waals surface area contributed by atoms with Crippen LogP contribution in [-0.4, -0.2) is 47.2 Å². The van der Waals surface area contributed by atoms with Crippen LogP contribution in [0.25, 0.3) is 0 Å². The second kappa shape index (κ2) is 6.23. The van der Waals surface area contributed by atoms with Crippen molar-refractivity contribution in [3.8, 4) is 0 Å². The average Bonchev–Trinajstić information content (AvgIpc) is 2.71. The van der Waals surface area contributed by atoms with Gasteiger partial charge in [-0.2, -0.15) is 0 Å². The molecule has 1 aliphatic heterocycles. The zero-order valence-electron chi connectivity index (χ0n) is 12.3. The van der Waals surface area contributed by atoms with Gasteiger partial charge in [-0.3, -0.25) is 9.69 Å². The van der Waals surface area contributed by atoms with Crippen molar-refractivity contribution in [2.75, 3.05) is 13.6 Å². The fourth-order valence-electron chi connectivity index (χ4n) is 3.95. The van der Waals surface area contributed by atoms with Crippen molar-refractivity contribution in [2.45, 2.75) is 75.9 Å². The van der Waals surface area contributed by atoms with Crippen molar-refractivity contribution in [3.05, 3.63) is 0 Å². The van der Waals surface area contributed by atoms with Crippen LogP contribution in [0.1, 0.15) is 58.3 Å². The van der Waals surface area contributed by atoms with Crippen LogP contribution < -0.4 is 5.32 Å². The highest BCUT2D eigenvalue weighted by molar-refractivity contribution is 5.79. The number of rotatable bonds is 4. The largest absolute Gasteiger partial charge is 0.480 e. The Kier molecular flexibility index (Phi) is 4.85. The summed E-state index contributed by atoms with van der Waals surface area (Å²) in [6, 6.07) is 1.11. The lowest BCUT2D eigenvalue weighted by molar-refractivity contribution is -0.144. The molecule has 2 fully saturated rings. The molecule has 4 heteroatoms. The highest BCUT2D eigenvalue weighted by Gasteiger charge is 2.46. The number of likely N-dealkylation sites (tertiary alicyclic amines) is 1. The summed E-state index contributed by atoms with van der Waals surface area (Å²) in [6.45, 7) is 3.42. The maximum absolute atomic E-state index is 11.5. The van der Waals surface area contributed by atoms with Gasteiger partial charge in [0.05, 0.1) is 0 Å². The normalized spacial score (nSPS) is 37.2. The summed E-state index contributed by atoms with van der Waals surface area (Å²) < 4.78 is 0. The van der Waals surface area contributed by atoms with Crippen molar-refractivity contribution in [2.24, 2.45) is 0 Å². The van der Waals surface area contributed by atoms with E-state index in [0.717, 1.165) is 25.8 Å². The minimum absolute atomic E-state index is 0.451. The lowest BCUT2D eigenvalue weighted by atomic mass is 9.97. The first-order chi connectivity index (χ1) is 9.13. The van der Waals surface area contributed by atoms with E-state index in [1.165, 1.54) is 32.1 Å². The molecule has 1 saturated carbocycles. The topological polar surface area (TPSA) is 52.6 Å². The number of nitrogens with zero attached hydrogens (tertiary/aromatic N) is 1. The van der Waals surface area contributed by atoms with Crippen molar-refractivity contribution >= 4 is 5.97 Å². The van der Waals surface area contributed by atoms with Gasteiger partial charge < -0.3 is 10.4 Å². The average molecular weight is 268 g/mol. The first-order valence-corrected chi connectivity index (χ1v) is 7.81. The molecule has 19 heavy (non-hydrogen) atoms. The van der Waals surface area contributed by atoms with Crippen LogP contribution in [0.2, 0.25) is 0 Å². The summed E-state index contributed by atoms with van der Waals surface area (Å²) in [7, 11) is 1.79. The molecule has 4 nitrogen and oxygen atoms in total. The molecule has 2 aliphatic rings. The molecule has 0 spiro atoms. The standard InChI is InChI=1S/C15H28N2O2/c1-3-12-7-5-4-6-10-17(12)13-8-9-15(11-13,16-2)14(18)19/h12-13,16H,3-11H2,1-2H3,(H,18,19). The number of carbonyl (C=O) groups is 1. The lowest BCUT2D eigenvalue weighted by Gasteiger charge is -2.35. The second-order valence-electron chi connectivity index (χ2n) is 6.18. The monoisotopic (exact) mass is 268 g/mol. The number of nitrogens with one attached hydrogen (secondary N) is 1. The Hall–Kier alpha value is -0.610. The highest BCUT2D eigenvalue weighted by atomic mass is 16.4. The van der Waals surface area contributed by atoms with Crippen molar-refractivity contribution < 1.29 is 9.90 Å². The van der Waals surface area contributed by atoms with Crippen LogP contribution in [-0.2, 0) is 4.79 Å². The van der Waals surface area contributed by atoms with Crippen molar-refractivity contribution in [1.82, 2.24) is 10.2 Å². The van der Waals surface area contributed by atoms with E-state index in [0.29, 0.717) is 12.1 Å². The fraction of sp³-hybridized carbons (Fsp3) is 0.933. The molecule has 1 heterocycles. The Morgan fingerprint density at radius 1 is 1.37 bits per heavy atom. The minimum atomic E-state index is -0.685. The number of carboxylic acid groups (broad SMARTS) is 1. The van der Waals surface area contributed by atoms with Gasteiger partial charge in [-0.15, -0.1) is 0 Å². The molecule has 3 unspecified atom stereocenters. The molecule has 3 atom stereocenters. The Morgan fingerprint density at radius 3 is 2.74 bits per heavy atom. The van der Waals surface area contributed by atoms with Crippen molar-refractivity contribution in [1.29, 1.82) is 0 Å². The fourth-order valence-corrected chi connectivity index (χ4v) is 3.95. The van der Waals surface area contributed by atoms with E-state index in [1.54, 1.807) is 7.05 Å². The van der Waals surface area contributed by atoms with Gasteiger partial charge in [-0.1, -0.05) is 19.8 Å². The third kappa shape index (κ3) is 2.95. The predicted octanol–water partition coefficient (Wildman–Crippen LogP) is 2.24. The Morgan fingerprint density at radius 2 is 2.16 bits per heavy atom. The minimum Gasteiger partial charge on any atom is -0.480 e. The van der Waals surface area contributed by atoms with Crippen LogP contribution in [0.3, 0.4) is 0 Å². The Bertz CT molecular complexity index is 321. The van der Waals surface area contributed by atoms with Crippen LogP contribution in [0.4, 0.5) is 0 Å². The highest BCUT2D eigenvalue weighted by Crippen LogP contribution is 2.36. The van der Waals surface area contributed by atoms with Crippen molar-refractivity contribution in [3.63, 3.8) is 0 Å². The molecular formula is C15H28N2O2. The molecule has 0 aromatic carbocycles. The van der Waals surface area contributed by atoms with E-state index in [9.17, 15) is 9.90 Å². The second-order valence-corrected chi connectivity index (χ2v) is 6.18. The van der Waals surface area contributed by atoms with Crippen LogP contribution >= 0.6 is 0 Å². The Labute approximate surface area is 116 Å². The summed E-state index contributed by atoms with van der Waals surface area (Å²) in [5.74, 6) is -0.680. The van der Waals surface area contributed by atoms with Gasteiger partial charge in [0.1, 0.15) is 5.54 Å². The Balaban J connectivity index is 2.07. The first-order valence-electron chi connectivity index (χ1n) is 7.81. The molecule has 0 bridgehead atoms. The molecule has 110 valence electrons. The molecule has 0 amide bonds. The zero-order valence-corrected chi connectivity index (χ0v) is 12.3. The SMILES string of the molecule is CCC1CCCCCN1C1CCC(NC)(C(=O)O)C1. The van der Waals surface area contributed by atoms with E-state index in [1.807, 2.05) is 0 Å². The number of hydrogen-bond donors (Lipinski definition) is 2. The smallest absolute Gasteiger partial charge is 0.323 e. The predicted molar refractivity (Wildman–Crippen MR) is 76.3 cm³/mol. The lowest BCUT2D eigenvalue weighted by Crippen LogP contribution is -2.50. The molecule has 0 aromatic rings. The summed E-state index contributed by atoms with van der Waals surface area (Å²) >= 11 is 0. The molecule has 2 rings (SSSR count). The molecule has 0 aromatic heterocycles. The first kappa shape index (κ1) is 14.8. The van der Waals surface area contributed by atoms with Gasteiger partial charge in [0, 0.05) is 12.1 Å². The third-order valence-corrected chi connectivity index (χ3v) is 5.24. The van der Waals surface area contributed by atoms with Gasteiger partial charge in [-0.05, 0) is 52.1 Å². The molecule has 1 aliphatic carbocycles. The third-order valence-electron chi connectivity index (χ3n) is 5.24. The maximum atomic E-state index is 11.5. The van der Waals surface area contributed by atoms with Crippen LogP contribution in [0.15, 0.2) is 0 Å². The van der Waals surface area contributed by atoms with Gasteiger partial charge >= 0.3 is 5.97 Å². The molecule has 1 saturated heterocycles.